The van der Waals surface area contributed by atoms with Crippen molar-refractivity contribution in [1.29, 1.82) is 0 Å². The van der Waals surface area contributed by atoms with E-state index in [1.165, 1.54) is 0 Å². The molecule has 0 radical (unpaired) electrons. The third kappa shape index (κ3) is 2.70. The summed E-state index contributed by atoms with van der Waals surface area (Å²) in [5.41, 5.74) is 0. The second-order valence-electron chi connectivity index (χ2n) is 3.44. The Bertz CT molecular complexity index is 315. The van der Waals surface area contributed by atoms with Gasteiger partial charge in [0.15, 0.2) is 6.10 Å². The maximum Gasteiger partial charge on any atom is 0.333 e. The molecule has 6 heteroatoms. The lowest BCUT2D eigenvalue weighted by molar-refractivity contribution is -0.149. The molecule has 0 saturated carbocycles. The fourth-order valence-corrected chi connectivity index (χ4v) is 1.76. The van der Waals surface area contributed by atoms with Gasteiger partial charge in [-0.1, -0.05) is 0 Å². The molecule has 1 fully saturated rings. The highest BCUT2D eigenvalue weighted by molar-refractivity contribution is 5.85. The van der Waals surface area contributed by atoms with Crippen LogP contribution in [0.2, 0.25) is 0 Å². The van der Waals surface area contributed by atoms with Gasteiger partial charge in [-0.2, -0.15) is 0 Å². The molecule has 0 aliphatic carbocycles. The van der Waals surface area contributed by atoms with Gasteiger partial charge in [-0.15, -0.1) is 12.4 Å². The second kappa shape index (κ2) is 5.14. The molecular weight excluding hydrogens is 220 g/mol. The molecule has 2 rings (SSSR count). The third-order valence-corrected chi connectivity index (χ3v) is 2.46. The van der Waals surface area contributed by atoms with E-state index in [-0.39, 0.29) is 18.3 Å². The lowest BCUT2D eigenvalue weighted by atomic mass is 10.0. The first kappa shape index (κ1) is 12.0. The number of carbonyl (C=O) groups is 1. The number of ether oxygens (including phenoxy) is 1. The number of hydrogen-bond acceptors (Lipinski definition) is 3. The van der Waals surface area contributed by atoms with E-state index in [1.807, 2.05) is 10.8 Å². The van der Waals surface area contributed by atoms with Crippen molar-refractivity contribution in [2.45, 2.75) is 19.1 Å². The maximum atomic E-state index is 10.8. The van der Waals surface area contributed by atoms with Crippen molar-refractivity contribution in [1.82, 2.24) is 9.55 Å². The van der Waals surface area contributed by atoms with Crippen LogP contribution >= 0.6 is 12.4 Å². The van der Waals surface area contributed by atoms with Gasteiger partial charge < -0.3 is 14.4 Å². The average Bonchev–Trinajstić information content (AvgIpc) is 2.75. The van der Waals surface area contributed by atoms with E-state index in [1.54, 1.807) is 12.5 Å². The number of nitrogens with zero attached hydrogens (tertiary/aromatic N) is 2. The van der Waals surface area contributed by atoms with Crippen molar-refractivity contribution in [3.63, 3.8) is 0 Å². The molecule has 15 heavy (non-hydrogen) atoms. The largest absolute Gasteiger partial charge is 0.479 e. The summed E-state index contributed by atoms with van der Waals surface area (Å²) < 4.78 is 7.03. The van der Waals surface area contributed by atoms with Crippen molar-refractivity contribution in [3.05, 3.63) is 18.7 Å². The lowest BCUT2D eigenvalue weighted by Gasteiger charge is -2.14. The van der Waals surface area contributed by atoms with Crippen molar-refractivity contribution < 1.29 is 14.6 Å². The normalized spacial score (nSPS) is 24.8. The molecule has 0 amide bonds. The number of hydrogen-bond donors (Lipinski definition) is 1. The molecule has 1 aliphatic rings. The second-order valence-corrected chi connectivity index (χ2v) is 3.44. The highest BCUT2D eigenvalue weighted by Gasteiger charge is 2.33. The van der Waals surface area contributed by atoms with Gasteiger partial charge in [0.2, 0.25) is 0 Å². The maximum absolute atomic E-state index is 10.8. The van der Waals surface area contributed by atoms with E-state index in [4.69, 9.17) is 9.84 Å². The van der Waals surface area contributed by atoms with E-state index < -0.39 is 12.1 Å². The molecule has 2 heterocycles. The van der Waals surface area contributed by atoms with Gasteiger partial charge in [-0.05, 0) is 6.42 Å². The molecule has 0 bridgehead atoms. The van der Waals surface area contributed by atoms with E-state index in [9.17, 15) is 4.79 Å². The smallest absolute Gasteiger partial charge is 0.333 e. The summed E-state index contributed by atoms with van der Waals surface area (Å²) in [4.78, 5) is 14.7. The Labute approximate surface area is 93.5 Å². The van der Waals surface area contributed by atoms with Crippen molar-refractivity contribution >= 4 is 18.4 Å². The average molecular weight is 233 g/mol. The van der Waals surface area contributed by atoms with Crippen LogP contribution < -0.4 is 0 Å². The first-order valence-corrected chi connectivity index (χ1v) is 4.57. The van der Waals surface area contributed by atoms with Crippen LogP contribution in [0.15, 0.2) is 18.7 Å². The van der Waals surface area contributed by atoms with Gasteiger partial charge in [0.05, 0.1) is 6.33 Å². The molecule has 1 aromatic rings. The third-order valence-electron chi connectivity index (χ3n) is 2.46. The molecule has 1 saturated heterocycles. The van der Waals surface area contributed by atoms with Crippen molar-refractivity contribution in [2.75, 3.05) is 6.61 Å². The van der Waals surface area contributed by atoms with Crippen molar-refractivity contribution in [3.8, 4) is 0 Å². The summed E-state index contributed by atoms with van der Waals surface area (Å²) in [6.45, 7) is 1.20. The number of halogens is 1. The van der Waals surface area contributed by atoms with Crippen LogP contribution in [0, 0.1) is 5.92 Å². The first-order valence-electron chi connectivity index (χ1n) is 4.57. The Morgan fingerprint density at radius 3 is 3.07 bits per heavy atom. The monoisotopic (exact) mass is 232 g/mol. The Morgan fingerprint density at radius 2 is 2.47 bits per heavy atom. The van der Waals surface area contributed by atoms with Crippen LogP contribution in [0.5, 0.6) is 0 Å². The Morgan fingerprint density at radius 1 is 1.67 bits per heavy atom. The fourth-order valence-electron chi connectivity index (χ4n) is 1.76. The van der Waals surface area contributed by atoms with E-state index >= 15 is 0 Å². The van der Waals surface area contributed by atoms with Crippen LogP contribution in [-0.2, 0) is 16.1 Å². The predicted octanol–water partition coefficient (Wildman–Crippen LogP) is 0.795. The summed E-state index contributed by atoms with van der Waals surface area (Å²) in [5.74, 6) is -0.811. The molecule has 0 spiro atoms. The molecule has 0 aromatic carbocycles. The first-order chi connectivity index (χ1) is 6.77. The fraction of sp³-hybridized carbons (Fsp3) is 0.556. The molecule has 1 N–H and O–H groups in total. The van der Waals surface area contributed by atoms with Crippen LogP contribution in [0.1, 0.15) is 6.42 Å². The molecular formula is C9H13ClN2O3. The number of aromatic nitrogens is 2. The van der Waals surface area contributed by atoms with E-state index in [0.717, 1.165) is 6.42 Å². The summed E-state index contributed by atoms with van der Waals surface area (Å²) in [6.07, 6.45) is 5.35. The SMILES string of the molecule is Cl.O=C(O)[C@H]1OCC[C@H]1Cn1ccnc1. The van der Waals surface area contributed by atoms with Crippen LogP contribution in [0.3, 0.4) is 0 Å². The zero-order valence-corrected chi connectivity index (χ0v) is 8.89. The van der Waals surface area contributed by atoms with Gasteiger partial charge in [0.1, 0.15) is 0 Å². The van der Waals surface area contributed by atoms with Gasteiger partial charge in [-0.3, -0.25) is 0 Å². The Kier molecular flexibility index (Phi) is 4.11. The Hall–Kier alpha value is -1.07. The number of carboxylic acids is 1. The highest BCUT2D eigenvalue weighted by atomic mass is 35.5. The van der Waals surface area contributed by atoms with Crippen LogP contribution in [0.25, 0.3) is 0 Å². The molecule has 2 atom stereocenters. The van der Waals surface area contributed by atoms with Gasteiger partial charge >= 0.3 is 5.97 Å². The minimum atomic E-state index is -0.868. The van der Waals surface area contributed by atoms with Crippen LogP contribution in [-0.4, -0.2) is 33.3 Å². The zero-order valence-electron chi connectivity index (χ0n) is 8.07. The summed E-state index contributed by atoms with van der Waals surface area (Å²) in [5, 5.41) is 8.86. The predicted molar refractivity (Wildman–Crippen MR) is 55.0 cm³/mol. The minimum absolute atomic E-state index is 0. The number of aliphatic carboxylic acids is 1. The topological polar surface area (TPSA) is 64.3 Å². The van der Waals surface area contributed by atoms with Crippen molar-refractivity contribution in [2.24, 2.45) is 5.92 Å². The summed E-state index contributed by atoms with van der Waals surface area (Å²) >= 11 is 0. The number of rotatable bonds is 3. The van der Waals surface area contributed by atoms with Gasteiger partial charge in [-0.25, -0.2) is 9.78 Å². The zero-order chi connectivity index (χ0) is 9.97. The Balaban J connectivity index is 0.00000112. The molecule has 5 nitrogen and oxygen atoms in total. The molecule has 0 unspecified atom stereocenters. The lowest BCUT2D eigenvalue weighted by Crippen LogP contribution is -2.28. The van der Waals surface area contributed by atoms with E-state index in [2.05, 4.69) is 4.98 Å². The minimum Gasteiger partial charge on any atom is -0.479 e. The molecule has 84 valence electrons. The van der Waals surface area contributed by atoms with Crippen LogP contribution in [0.4, 0.5) is 0 Å². The quantitative estimate of drug-likeness (QED) is 0.837. The number of carboxylic acid groups (broad SMARTS) is 1. The standard InChI is InChI=1S/C9H12N2O3.ClH/c12-9(13)8-7(1-4-14-8)5-11-3-2-10-6-11;/h2-3,6-8H,1,4-5H2,(H,12,13);1H/t7-,8-;/m0./s1. The molecule has 1 aromatic heterocycles. The summed E-state index contributed by atoms with van der Waals surface area (Å²) in [6, 6.07) is 0. The van der Waals surface area contributed by atoms with Gasteiger partial charge in [0.25, 0.3) is 0 Å². The van der Waals surface area contributed by atoms with E-state index in [0.29, 0.717) is 13.2 Å². The highest BCUT2D eigenvalue weighted by Crippen LogP contribution is 2.22. The molecule has 1 aliphatic heterocycles. The summed E-state index contributed by atoms with van der Waals surface area (Å²) in [7, 11) is 0. The van der Waals surface area contributed by atoms with Gasteiger partial charge in [0, 0.05) is 31.5 Å². The number of imidazole rings is 1.